The Labute approximate surface area is 110 Å². The van der Waals surface area contributed by atoms with Crippen molar-refractivity contribution in [2.45, 2.75) is 41.5 Å². The largest absolute Gasteiger partial charge is 0.105 e. The van der Waals surface area contributed by atoms with Gasteiger partial charge < -0.3 is 0 Å². The summed E-state index contributed by atoms with van der Waals surface area (Å²) in [5, 5.41) is 1.25. The van der Waals surface area contributed by atoms with Crippen LogP contribution in [0.25, 0.3) is 6.08 Å². The van der Waals surface area contributed by atoms with Crippen LogP contribution in [0.4, 0.5) is 0 Å². The van der Waals surface area contributed by atoms with E-state index in [4.69, 9.17) is 0 Å². The van der Waals surface area contributed by atoms with E-state index in [9.17, 15) is 0 Å². The molecule has 0 aliphatic rings. The summed E-state index contributed by atoms with van der Waals surface area (Å²) in [6, 6.07) is 6.31. The van der Waals surface area contributed by atoms with Crippen molar-refractivity contribution in [3.05, 3.63) is 47.6 Å². The highest BCUT2D eigenvalue weighted by atomic mass is 31.0. The molecule has 0 aliphatic heterocycles. The van der Waals surface area contributed by atoms with Crippen LogP contribution in [0.3, 0.4) is 0 Å². The first-order chi connectivity index (χ1) is 8.25. The molecule has 0 saturated carbocycles. The Morgan fingerprint density at radius 3 is 2.06 bits per heavy atom. The zero-order valence-corrected chi connectivity index (χ0v) is 13.3. The maximum Gasteiger partial charge on any atom is -0.0156 e. The second kappa shape index (κ2) is 13.2. The van der Waals surface area contributed by atoms with Crippen molar-refractivity contribution in [2.75, 3.05) is 0 Å². The van der Waals surface area contributed by atoms with Gasteiger partial charge in [-0.2, -0.15) is 0 Å². The van der Waals surface area contributed by atoms with Crippen molar-refractivity contribution in [3.63, 3.8) is 0 Å². The van der Waals surface area contributed by atoms with Crippen molar-refractivity contribution in [3.8, 4) is 0 Å². The van der Waals surface area contributed by atoms with Crippen molar-refractivity contribution in [1.82, 2.24) is 0 Å². The van der Waals surface area contributed by atoms with Crippen molar-refractivity contribution >= 4 is 20.6 Å². The third-order valence-electron chi connectivity index (χ3n) is 1.92. The highest BCUT2D eigenvalue weighted by molar-refractivity contribution is 7.27. The van der Waals surface area contributed by atoms with E-state index in [1.807, 2.05) is 46.8 Å². The Kier molecular flexibility index (Phi) is 14.4. The van der Waals surface area contributed by atoms with Crippen LogP contribution in [0.2, 0.25) is 0 Å². The van der Waals surface area contributed by atoms with Gasteiger partial charge in [-0.05, 0) is 30.3 Å². The molecular weight excluding hydrogens is 223 g/mol. The van der Waals surface area contributed by atoms with Crippen LogP contribution in [0.1, 0.15) is 45.7 Å². The Morgan fingerprint density at radius 2 is 1.59 bits per heavy atom. The molecule has 1 unspecified atom stereocenters. The van der Waals surface area contributed by atoms with Crippen LogP contribution in [-0.2, 0) is 0 Å². The van der Waals surface area contributed by atoms with Crippen molar-refractivity contribution < 1.29 is 0 Å². The molecule has 96 valence electrons. The van der Waals surface area contributed by atoms with Gasteiger partial charge in [0.15, 0.2) is 0 Å². The van der Waals surface area contributed by atoms with E-state index in [0.29, 0.717) is 0 Å². The van der Waals surface area contributed by atoms with E-state index >= 15 is 0 Å². The van der Waals surface area contributed by atoms with Gasteiger partial charge in [0.05, 0.1) is 0 Å². The summed E-state index contributed by atoms with van der Waals surface area (Å²) in [4.78, 5) is 0. The van der Waals surface area contributed by atoms with Gasteiger partial charge in [0.1, 0.15) is 0 Å². The minimum Gasteiger partial charge on any atom is -0.105 e. The van der Waals surface area contributed by atoms with Gasteiger partial charge in [-0.25, -0.2) is 0 Å². The quantitative estimate of drug-likeness (QED) is 0.504. The summed E-state index contributed by atoms with van der Waals surface area (Å²) < 4.78 is 0. The molecule has 0 amide bonds. The van der Waals surface area contributed by atoms with Crippen LogP contribution in [0, 0.1) is 6.92 Å². The van der Waals surface area contributed by atoms with Crippen LogP contribution in [-0.4, -0.2) is 0 Å². The minimum absolute atomic E-state index is 1.25. The van der Waals surface area contributed by atoms with E-state index in [1.165, 1.54) is 16.4 Å². The standard InChI is InChI=1S/C12H15P.2C2H6/c1-3-4-5-8-11-10(2)7-6-9-12(11)13;2*1-2/h3-9H,13H2,1-2H3;2*1-2H3/b4-3-,8-5-;;. The molecule has 0 heterocycles. The van der Waals surface area contributed by atoms with Crippen LogP contribution in [0.5, 0.6) is 0 Å². The molecule has 1 aromatic carbocycles. The Bertz CT molecular complexity index is 315. The molecule has 1 rings (SSSR count). The maximum absolute atomic E-state index is 2.76. The normalized spacial score (nSPS) is 9.59. The molecule has 0 radical (unpaired) electrons. The SMILES string of the molecule is C/C=C\C=C/c1c(C)cccc1P.CC.CC. The molecule has 0 aliphatic carbocycles. The first kappa shape index (κ1) is 18.5. The van der Waals surface area contributed by atoms with Gasteiger partial charge in [0, 0.05) is 0 Å². The molecule has 0 nitrogen and oxygen atoms in total. The zero-order chi connectivity index (χ0) is 13.7. The average Bonchev–Trinajstić information content (AvgIpc) is 2.38. The Balaban J connectivity index is 0. The summed E-state index contributed by atoms with van der Waals surface area (Å²) in [6.07, 6.45) is 8.27. The predicted octanol–water partition coefficient (Wildman–Crippen LogP) is 5.14. The molecule has 17 heavy (non-hydrogen) atoms. The number of benzene rings is 1. The summed E-state index contributed by atoms with van der Waals surface area (Å²) in [6.45, 7) is 12.1. The molecule has 1 aromatic rings. The summed E-state index contributed by atoms with van der Waals surface area (Å²) >= 11 is 0. The lowest BCUT2D eigenvalue weighted by Crippen LogP contribution is -1.97. The summed E-state index contributed by atoms with van der Waals surface area (Å²) in [7, 11) is 2.76. The monoisotopic (exact) mass is 250 g/mol. The predicted molar refractivity (Wildman–Crippen MR) is 87.1 cm³/mol. The molecule has 0 bridgehead atoms. The van der Waals surface area contributed by atoms with E-state index in [0.717, 1.165) is 0 Å². The van der Waals surface area contributed by atoms with E-state index in [2.05, 4.69) is 46.5 Å². The second-order valence-electron chi connectivity index (χ2n) is 2.96. The molecule has 0 spiro atoms. The van der Waals surface area contributed by atoms with Gasteiger partial charge in [-0.1, -0.05) is 70.2 Å². The molecule has 1 atom stereocenters. The van der Waals surface area contributed by atoms with E-state index < -0.39 is 0 Å². The summed E-state index contributed by atoms with van der Waals surface area (Å²) in [5.41, 5.74) is 2.61. The first-order valence-corrected chi connectivity index (χ1v) is 6.98. The van der Waals surface area contributed by atoms with Crippen molar-refractivity contribution in [2.24, 2.45) is 0 Å². The lowest BCUT2D eigenvalue weighted by atomic mass is 10.1. The van der Waals surface area contributed by atoms with Gasteiger partial charge in [-0.3, -0.25) is 0 Å². The lowest BCUT2D eigenvalue weighted by molar-refractivity contribution is 1.47. The van der Waals surface area contributed by atoms with Crippen molar-refractivity contribution in [1.29, 1.82) is 0 Å². The fourth-order valence-electron chi connectivity index (χ4n) is 1.19. The third kappa shape index (κ3) is 7.94. The minimum atomic E-state index is 1.25. The molecule has 0 aromatic heterocycles. The fraction of sp³-hybridized carbons (Fsp3) is 0.375. The second-order valence-corrected chi connectivity index (χ2v) is 3.58. The molecule has 0 saturated heterocycles. The Hall–Kier alpha value is -0.870. The van der Waals surface area contributed by atoms with Crippen LogP contribution in [0.15, 0.2) is 36.4 Å². The smallest absolute Gasteiger partial charge is 0.0156 e. The van der Waals surface area contributed by atoms with Gasteiger partial charge in [-0.15, -0.1) is 9.24 Å². The highest BCUT2D eigenvalue weighted by Gasteiger charge is 1.95. The molecule has 0 fully saturated rings. The van der Waals surface area contributed by atoms with Crippen LogP contribution >= 0.6 is 9.24 Å². The summed E-state index contributed by atoms with van der Waals surface area (Å²) in [5.74, 6) is 0. The van der Waals surface area contributed by atoms with Gasteiger partial charge >= 0.3 is 0 Å². The van der Waals surface area contributed by atoms with Gasteiger partial charge in [0.25, 0.3) is 0 Å². The lowest BCUT2D eigenvalue weighted by Gasteiger charge is -2.02. The van der Waals surface area contributed by atoms with E-state index in [-0.39, 0.29) is 0 Å². The number of hydrogen-bond acceptors (Lipinski definition) is 0. The fourth-order valence-corrected chi connectivity index (χ4v) is 1.63. The zero-order valence-electron chi connectivity index (χ0n) is 12.1. The number of allylic oxidation sites excluding steroid dienone is 3. The van der Waals surface area contributed by atoms with Crippen LogP contribution < -0.4 is 5.30 Å². The number of hydrogen-bond donors (Lipinski definition) is 0. The first-order valence-electron chi connectivity index (χ1n) is 6.40. The van der Waals surface area contributed by atoms with E-state index in [1.54, 1.807) is 0 Å². The van der Waals surface area contributed by atoms with Gasteiger partial charge in [0.2, 0.25) is 0 Å². The topological polar surface area (TPSA) is 0 Å². The third-order valence-corrected chi connectivity index (χ3v) is 2.43. The Morgan fingerprint density at radius 1 is 1.00 bits per heavy atom. The molecule has 0 N–H and O–H groups in total. The highest BCUT2D eigenvalue weighted by Crippen LogP contribution is 2.09. The maximum atomic E-state index is 2.76. The number of aryl methyl sites for hydroxylation is 1. The average molecular weight is 250 g/mol. The number of rotatable bonds is 2. The molecule has 1 heteroatoms. The molecular formula is C16H27P.